The average Bonchev–Trinajstić information content (AvgIpc) is 3.29. The molecule has 10 nitrogen and oxygen atoms in total. The monoisotopic (exact) mass is 481 g/mol. The van der Waals surface area contributed by atoms with E-state index in [4.69, 9.17) is 4.74 Å². The van der Waals surface area contributed by atoms with Crippen LogP contribution in [0.3, 0.4) is 0 Å². The number of benzene rings is 1. The molecule has 0 spiro atoms. The number of pyridine rings is 1. The lowest BCUT2D eigenvalue weighted by molar-refractivity contribution is -0.130. The molecule has 2 aromatic rings. The highest BCUT2D eigenvalue weighted by molar-refractivity contribution is 6.07. The molecule has 1 unspecified atom stereocenters. The van der Waals surface area contributed by atoms with Gasteiger partial charge >= 0.3 is 6.09 Å². The molecule has 3 rings (SSSR count). The van der Waals surface area contributed by atoms with Crippen LogP contribution in [-0.2, 0) is 4.79 Å². The molecule has 0 saturated carbocycles. The molecule has 1 atom stereocenters. The van der Waals surface area contributed by atoms with E-state index in [2.05, 4.69) is 16.4 Å². The molecule has 1 aromatic carbocycles. The van der Waals surface area contributed by atoms with E-state index in [-0.39, 0.29) is 12.5 Å². The fourth-order valence-electron chi connectivity index (χ4n) is 4.10. The van der Waals surface area contributed by atoms with E-state index in [1.807, 2.05) is 20.8 Å². The standard InChI is InChI=1S/C25H31N5O5/c1-25(2,3)30(24(33)34)12-5-13-35-18-7-8-21-20(14-18)19(9-10-27-21)23(32)28-16-22(31)29-11-4-6-17(29)15-26/h7-10,14,17H,4-6,11-13,16H2,1-3H3,(H,28,32)(H,33,34). The number of carbonyl (C=O) groups excluding carboxylic acids is 2. The number of ether oxygens (including phenoxy) is 1. The normalized spacial score (nSPS) is 15.5. The van der Waals surface area contributed by atoms with E-state index in [1.165, 1.54) is 16.0 Å². The molecule has 35 heavy (non-hydrogen) atoms. The van der Waals surface area contributed by atoms with Crippen LogP contribution < -0.4 is 10.1 Å². The maximum absolute atomic E-state index is 12.9. The third-order valence-electron chi connectivity index (χ3n) is 5.92. The summed E-state index contributed by atoms with van der Waals surface area (Å²) in [6.07, 6.45) is 2.48. The number of nitrogens with zero attached hydrogens (tertiary/aromatic N) is 4. The van der Waals surface area contributed by atoms with Crippen LogP contribution in [-0.4, -0.2) is 75.6 Å². The molecule has 1 aliphatic rings. The third-order valence-corrected chi connectivity index (χ3v) is 5.92. The number of hydrogen-bond acceptors (Lipinski definition) is 6. The molecule has 2 heterocycles. The summed E-state index contributed by atoms with van der Waals surface area (Å²) in [4.78, 5) is 43.9. The second-order valence-corrected chi connectivity index (χ2v) is 9.40. The molecule has 1 aliphatic heterocycles. The Morgan fingerprint density at radius 3 is 2.77 bits per heavy atom. The van der Waals surface area contributed by atoms with Crippen molar-refractivity contribution >= 4 is 28.8 Å². The first kappa shape index (κ1) is 25.7. The minimum Gasteiger partial charge on any atom is -0.494 e. The predicted octanol–water partition coefficient (Wildman–Crippen LogP) is 3.03. The summed E-state index contributed by atoms with van der Waals surface area (Å²) in [5, 5.41) is 21.8. The quantitative estimate of drug-likeness (QED) is 0.553. The molecule has 3 amide bonds. The van der Waals surface area contributed by atoms with Crippen molar-refractivity contribution in [2.75, 3.05) is 26.2 Å². The summed E-state index contributed by atoms with van der Waals surface area (Å²) >= 11 is 0. The summed E-state index contributed by atoms with van der Waals surface area (Å²) in [5.74, 6) is -0.171. The van der Waals surface area contributed by atoms with Crippen LogP contribution in [0.1, 0.15) is 50.4 Å². The Labute approximate surface area is 204 Å². The highest BCUT2D eigenvalue weighted by atomic mass is 16.5. The van der Waals surface area contributed by atoms with Gasteiger partial charge in [-0.25, -0.2) is 4.79 Å². The smallest absolute Gasteiger partial charge is 0.407 e. The van der Waals surface area contributed by atoms with Gasteiger partial charge in [0.05, 0.1) is 30.3 Å². The van der Waals surface area contributed by atoms with Gasteiger partial charge in [-0.1, -0.05) is 0 Å². The van der Waals surface area contributed by atoms with Gasteiger partial charge in [0.2, 0.25) is 5.91 Å². The van der Waals surface area contributed by atoms with Gasteiger partial charge in [0, 0.05) is 30.2 Å². The number of nitrogens with one attached hydrogen (secondary N) is 1. The number of rotatable bonds is 8. The molecule has 2 N–H and O–H groups in total. The summed E-state index contributed by atoms with van der Waals surface area (Å²) in [6.45, 7) is 6.48. The maximum Gasteiger partial charge on any atom is 0.407 e. The van der Waals surface area contributed by atoms with Crippen LogP contribution in [0, 0.1) is 11.3 Å². The van der Waals surface area contributed by atoms with Crippen molar-refractivity contribution in [2.24, 2.45) is 0 Å². The first-order valence-electron chi connectivity index (χ1n) is 11.6. The SMILES string of the molecule is CC(C)(C)N(CCCOc1ccc2nccc(C(=O)NCC(=O)N3CCCC3C#N)c2c1)C(=O)O. The first-order valence-corrected chi connectivity index (χ1v) is 11.6. The van der Waals surface area contributed by atoms with Gasteiger partial charge in [0.25, 0.3) is 5.91 Å². The van der Waals surface area contributed by atoms with Gasteiger partial charge < -0.3 is 25.0 Å². The van der Waals surface area contributed by atoms with E-state index in [9.17, 15) is 24.8 Å². The fraction of sp³-hybridized carbons (Fsp3) is 0.480. The molecule has 1 saturated heterocycles. The van der Waals surface area contributed by atoms with Crippen molar-refractivity contribution in [3.63, 3.8) is 0 Å². The highest BCUT2D eigenvalue weighted by Crippen LogP contribution is 2.23. The first-order chi connectivity index (χ1) is 16.6. The fourth-order valence-corrected chi connectivity index (χ4v) is 4.10. The Kier molecular flexibility index (Phi) is 8.12. The Balaban J connectivity index is 1.63. The molecule has 1 fully saturated rings. The molecule has 0 radical (unpaired) electrons. The van der Waals surface area contributed by atoms with E-state index < -0.39 is 23.6 Å². The lowest BCUT2D eigenvalue weighted by Gasteiger charge is -2.33. The molecular formula is C25H31N5O5. The second-order valence-electron chi connectivity index (χ2n) is 9.40. The second kappa shape index (κ2) is 11.0. The van der Waals surface area contributed by atoms with Crippen molar-refractivity contribution < 1.29 is 24.2 Å². The average molecular weight is 482 g/mol. The minimum atomic E-state index is -0.976. The largest absolute Gasteiger partial charge is 0.494 e. The van der Waals surface area contributed by atoms with Gasteiger partial charge in [-0.2, -0.15) is 5.26 Å². The van der Waals surface area contributed by atoms with Crippen LogP contribution in [0.25, 0.3) is 10.9 Å². The van der Waals surface area contributed by atoms with Crippen LogP contribution in [0.5, 0.6) is 5.75 Å². The summed E-state index contributed by atoms with van der Waals surface area (Å²) in [7, 11) is 0. The lowest BCUT2D eigenvalue weighted by Crippen LogP contribution is -2.45. The molecule has 10 heteroatoms. The minimum absolute atomic E-state index is 0.190. The van der Waals surface area contributed by atoms with Crippen LogP contribution in [0.15, 0.2) is 30.5 Å². The molecule has 186 valence electrons. The van der Waals surface area contributed by atoms with Crippen LogP contribution >= 0.6 is 0 Å². The highest BCUT2D eigenvalue weighted by Gasteiger charge is 2.28. The summed E-state index contributed by atoms with van der Waals surface area (Å²) < 4.78 is 5.81. The number of carboxylic acid groups (broad SMARTS) is 1. The summed E-state index contributed by atoms with van der Waals surface area (Å²) in [6, 6.07) is 8.46. The zero-order valence-electron chi connectivity index (χ0n) is 20.3. The zero-order valence-corrected chi connectivity index (χ0v) is 20.3. The lowest BCUT2D eigenvalue weighted by atomic mass is 10.1. The van der Waals surface area contributed by atoms with E-state index >= 15 is 0 Å². The van der Waals surface area contributed by atoms with Crippen molar-refractivity contribution in [2.45, 2.75) is 51.6 Å². The third kappa shape index (κ3) is 6.38. The Morgan fingerprint density at radius 2 is 2.09 bits per heavy atom. The Bertz CT molecular complexity index is 1140. The molecule has 1 aromatic heterocycles. The zero-order chi connectivity index (χ0) is 25.6. The number of carbonyl (C=O) groups is 3. The maximum atomic E-state index is 12.9. The number of amides is 3. The molecule has 0 bridgehead atoms. The molecule has 0 aliphatic carbocycles. The van der Waals surface area contributed by atoms with Crippen molar-refractivity contribution in [3.05, 3.63) is 36.0 Å². The van der Waals surface area contributed by atoms with Gasteiger partial charge in [-0.3, -0.25) is 14.6 Å². The van der Waals surface area contributed by atoms with Gasteiger partial charge in [-0.05, 0) is 64.3 Å². The number of hydrogen-bond donors (Lipinski definition) is 2. The van der Waals surface area contributed by atoms with Gasteiger partial charge in [-0.15, -0.1) is 0 Å². The predicted molar refractivity (Wildman–Crippen MR) is 129 cm³/mol. The van der Waals surface area contributed by atoms with Gasteiger partial charge in [0.15, 0.2) is 0 Å². The summed E-state index contributed by atoms with van der Waals surface area (Å²) in [5.41, 5.74) is 0.454. The van der Waals surface area contributed by atoms with Crippen molar-refractivity contribution in [3.8, 4) is 11.8 Å². The number of nitriles is 1. The number of aromatic nitrogens is 1. The molecular weight excluding hydrogens is 450 g/mol. The number of fused-ring (bicyclic) bond motifs is 1. The van der Waals surface area contributed by atoms with Crippen LogP contribution in [0.4, 0.5) is 4.79 Å². The van der Waals surface area contributed by atoms with E-state index in [0.29, 0.717) is 54.8 Å². The van der Waals surface area contributed by atoms with Gasteiger partial charge in [0.1, 0.15) is 11.8 Å². The van der Waals surface area contributed by atoms with Crippen LogP contribution in [0.2, 0.25) is 0 Å². The topological polar surface area (TPSA) is 136 Å². The van der Waals surface area contributed by atoms with E-state index in [0.717, 1.165) is 6.42 Å². The van der Waals surface area contributed by atoms with E-state index in [1.54, 1.807) is 24.3 Å². The Hall–Kier alpha value is -3.87. The van der Waals surface area contributed by atoms with Crippen molar-refractivity contribution in [1.82, 2.24) is 20.1 Å². The van der Waals surface area contributed by atoms with Crippen molar-refractivity contribution in [1.29, 1.82) is 5.26 Å². The Morgan fingerprint density at radius 1 is 1.31 bits per heavy atom. The number of likely N-dealkylation sites (tertiary alicyclic amines) is 1.